The number of aliphatic hydroxyl groups is 1. The highest BCUT2D eigenvalue weighted by Crippen LogP contribution is 2.38. The van der Waals surface area contributed by atoms with Crippen molar-refractivity contribution >= 4 is 28.4 Å². The molecule has 1 aliphatic rings. The zero-order valence-corrected chi connectivity index (χ0v) is 20.5. The molecule has 1 fully saturated rings. The Kier molecular flexibility index (Phi) is 8.02. The number of rotatable bonds is 10. The van der Waals surface area contributed by atoms with E-state index in [1.165, 1.54) is 7.11 Å². The number of nitro benzene ring substituents is 1. The van der Waals surface area contributed by atoms with E-state index in [9.17, 15) is 28.4 Å². The highest BCUT2D eigenvalue weighted by Gasteiger charge is 2.33. The van der Waals surface area contributed by atoms with Gasteiger partial charge in [0.05, 0.1) is 49.0 Å². The Balaban J connectivity index is 1.77. The number of nitro groups is 1. The molecule has 1 aromatic heterocycles. The van der Waals surface area contributed by atoms with Gasteiger partial charge in [0.25, 0.3) is 5.69 Å². The maximum atomic E-state index is 13.4. The van der Waals surface area contributed by atoms with E-state index in [-0.39, 0.29) is 36.6 Å². The average Bonchev–Trinajstić information content (AvgIpc) is 3.39. The third-order valence-corrected chi connectivity index (χ3v) is 5.89. The van der Waals surface area contributed by atoms with Gasteiger partial charge >= 0.3 is 6.18 Å². The second-order valence-electron chi connectivity index (χ2n) is 8.60. The summed E-state index contributed by atoms with van der Waals surface area (Å²) in [5, 5.41) is 26.9. The number of alkyl halides is 3. The molecule has 0 saturated carbocycles. The summed E-state index contributed by atoms with van der Waals surface area (Å²) in [5.41, 5.74) is -1.35. The van der Waals surface area contributed by atoms with Crippen molar-refractivity contribution in [1.82, 2.24) is 9.97 Å². The van der Waals surface area contributed by atoms with Crippen LogP contribution in [0.15, 0.2) is 30.3 Å². The minimum atomic E-state index is -4.77. The van der Waals surface area contributed by atoms with Crippen LogP contribution in [0.3, 0.4) is 0 Å². The fraction of sp³-hybridized carbons (Fsp3) is 0.417. The Hall–Kier alpha value is -3.91. The minimum Gasteiger partial charge on any atom is -0.493 e. The number of aromatic nitrogens is 2. The van der Waals surface area contributed by atoms with Crippen LogP contribution in [0.25, 0.3) is 10.9 Å². The number of halogens is 3. The summed E-state index contributed by atoms with van der Waals surface area (Å²) in [7, 11) is 1.48. The van der Waals surface area contributed by atoms with E-state index in [0.29, 0.717) is 48.1 Å². The molecule has 14 heteroatoms. The summed E-state index contributed by atoms with van der Waals surface area (Å²) >= 11 is 0. The predicted molar refractivity (Wildman–Crippen MR) is 132 cm³/mol. The SMILES string of the molecule is COc1cc2nc(NCCO)nc(NC(C)c3cc([N+](=O)[O-])cc(C(F)(F)F)c3)c2cc1OC1CCOC1. The highest BCUT2D eigenvalue weighted by molar-refractivity contribution is 5.93. The fourth-order valence-electron chi connectivity index (χ4n) is 3.97. The molecule has 0 spiro atoms. The highest BCUT2D eigenvalue weighted by atomic mass is 19.4. The van der Waals surface area contributed by atoms with Gasteiger partial charge in [-0.3, -0.25) is 10.1 Å². The maximum absolute atomic E-state index is 13.4. The van der Waals surface area contributed by atoms with Gasteiger partial charge in [0.15, 0.2) is 11.5 Å². The van der Waals surface area contributed by atoms with E-state index in [1.807, 2.05) is 0 Å². The Morgan fingerprint density at radius 1 is 1.24 bits per heavy atom. The number of methoxy groups -OCH3 is 1. The van der Waals surface area contributed by atoms with Crippen LogP contribution in [0.4, 0.5) is 30.6 Å². The van der Waals surface area contributed by atoms with Gasteiger partial charge in [0.2, 0.25) is 5.95 Å². The average molecular weight is 537 g/mol. The van der Waals surface area contributed by atoms with Crippen LogP contribution >= 0.6 is 0 Å². The van der Waals surface area contributed by atoms with Crippen LogP contribution in [0.5, 0.6) is 11.5 Å². The lowest BCUT2D eigenvalue weighted by molar-refractivity contribution is -0.385. The molecular weight excluding hydrogens is 511 g/mol. The van der Waals surface area contributed by atoms with Crippen molar-refractivity contribution in [2.24, 2.45) is 0 Å². The van der Waals surface area contributed by atoms with Crippen molar-refractivity contribution in [3.8, 4) is 11.5 Å². The van der Waals surface area contributed by atoms with E-state index in [2.05, 4.69) is 20.6 Å². The van der Waals surface area contributed by atoms with E-state index in [4.69, 9.17) is 14.2 Å². The molecule has 2 atom stereocenters. The molecule has 38 heavy (non-hydrogen) atoms. The first-order chi connectivity index (χ1) is 18.1. The molecule has 204 valence electrons. The number of aliphatic hydroxyl groups excluding tert-OH is 1. The van der Waals surface area contributed by atoms with Crippen LogP contribution in [0.1, 0.15) is 30.5 Å². The van der Waals surface area contributed by atoms with Gasteiger partial charge in [-0.05, 0) is 24.6 Å². The third kappa shape index (κ3) is 6.14. The van der Waals surface area contributed by atoms with E-state index < -0.39 is 28.4 Å². The van der Waals surface area contributed by atoms with Gasteiger partial charge in [0.1, 0.15) is 11.9 Å². The lowest BCUT2D eigenvalue weighted by Crippen LogP contribution is -2.17. The van der Waals surface area contributed by atoms with E-state index >= 15 is 0 Å². The van der Waals surface area contributed by atoms with Crippen molar-refractivity contribution in [3.05, 3.63) is 51.6 Å². The van der Waals surface area contributed by atoms with Gasteiger partial charge in [-0.1, -0.05) is 0 Å². The van der Waals surface area contributed by atoms with E-state index in [0.717, 1.165) is 12.1 Å². The number of ether oxygens (including phenoxy) is 3. The molecule has 0 amide bonds. The standard InChI is InChI=1S/C24H26F3N5O6/c1-13(14-7-15(24(25,26)27)9-16(8-14)32(34)35)29-22-18-10-21(38-17-3-6-37-12-17)20(36-2)11-19(18)30-23(31-22)28-4-5-33/h7-11,13,17,33H,3-6,12H2,1-2H3,(H2,28,29,30,31). The van der Waals surface area contributed by atoms with Crippen molar-refractivity contribution < 1.29 is 37.4 Å². The number of hydrogen-bond donors (Lipinski definition) is 3. The first-order valence-electron chi connectivity index (χ1n) is 11.7. The third-order valence-electron chi connectivity index (χ3n) is 5.89. The summed E-state index contributed by atoms with van der Waals surface area (Å²) in [6.45, 7) is 2.51. The molecule has 2 aromatic carbocycles. The van der Waals surface area contributed by atoms with Crippen LogP contribution < -0.4 is 20.1 Å². The second kappa shape index (κ2) is 11.2. The van der Waals surface area contributed by atoms with Crippen molar-refractivity contribution in [3.63, 3.8) is 0 Å². The number of fused-ring (bicyclic) bond motifs is 1. The Morgan fingerprint density at radius 2 is 2.03 bits per heavy atom. The molecule has 2 unspecified atom stereocenters. The lowest BCUT2D eigenvalue weighted by Gasteiger charge is -2.20. The molecule has 3 N–H and O–H groups in total. The van der Waals surface area contributed by atoms with Gasteiger partial charge in [-0.25, -0.2) is 4.98 Å². The summed E-state index contributed by atoms with van der Waals surface area (Å²) in [6.07, 6.45) is -4.26. The van der Waals surface area contributed by atoms with Crippen LogP contribution in [-0.2, 0) is 10.9 Å². The fourth-order valence-corrected chi connectivity index (χ4v) is 3.97. The molecule has 2 heterocycles. The molecule has 4 rings (SSSR count). The van der Waals surface area contributed by atoms with Gasteiger partial charge in [-0.15, -0.1) is 0 Å². The van der Waals surface area contributed by atoms with Crippen molar-refractivity contribution in [1.29, 1.82) is 0 Å². The molecule has 0 radical (unpaired) electrons. The smallest absolute Gasteiger partial charge is 0.416 e. The first-order valence-corrected chi connectivity index (χ1v) is 11.7. The molecule has 0 bridgehead atoms. The van der Waals surface area contributed by atoms with Crippen LogP contribution in [-0.4, -0.2) is 59.6 Å². The normalized spacial score (nSPS) is 16.3. The summed E-state index contributed by atoms with van der Waals surface area (Å²) < 4.78 is 57.2. The van der Waals surface area contributed by atoms with Crippen molar-refractivity contribution in [2.45, 2.75) is 31.7 Å². The minimum absolute atomic E-state index is 0.0382. The summed E-state index contributed by atoms with van der Waals surface area (Å²) in [5.74, 6) is 1.19. The number of benzene rings is 2. The zero-order valence-electron chi connectivity index (χ0n) is 20.5. The molecule has 0 aliphatic carbocycles. The van der Waals surface area contributed by atoms with Crippen LogP contribution in [0.2, 0.25) is 0 Å². The molecular formula is C24H26F3N5O6. The number of anilines is 2. The topological polar surface area (TPSA) is 141 Å². The van der Waals surface area contributed by atoms with Crippen LogP contribution in [0, 0.1) is 10.1 Å². The summed E-state index contributed by atoms with van der Waals surface area (Å²) in [6, 6.07) is 4.91. The molecule has 1 aliphatic heterocycles. The first kappa shape index (κ1) is 27.1. The Bertz CT molecular complexity index is 1320. The number of nitrogens with zero attached hydrogens (tertiary/aromatic N) is 3. The predicted octanol–water partition coefficient (Wildman–Crippen LogP) is 4.31. The van der Waals surface area contributed by atoms with E-state index in [1.54, 1.807) is 19.1 Å². The zero-order chi connectivity index (χ0) is 27.4. The second-order valence-corrected chi connectivity index (χ2v) is 8.60. The molecule has 3 aromatic rings. The maximum Gasteiger partial charge on any atom is 0.416 e. The molecule has 11 nitrogen and oxygen atoms in total. The number of non-ortho nitro benzene ring substituents is 1. The quantitative estimate of drug-likeness (QED) is 0.253. The summed E-state index contributed by atoms with van der Waals surface area (Å²) in [4.78, 5) is 19.3. The van der Waals surface area contributed by atoms with Gasteiger partial charge in [-0.2, -0.15) is 18.2 Å². The molecule has 1 saturated heterocycles. The monoisotopic (exact) mass is 537 g/mol. The van der Waals surface area contributed by atoms with Gasteiger partial charge < -0.3 is 30.0 Å². The Labute approximate surface area is 215 Å². The number of nitrogens with one attached hydrogen (secondary N) is 2. The Morgan fingerprint density at radius 3 is 2.66 bits per heavy atom. The van der Waals surface area contributed by atoms with Crippen molar-refractivity contribution in [2.75, 3.05) is 44.1 Å². The van der Waals surface area contributed by atoms with Gasteiger partial charge in [0, 0.05) is 36.6 Å². The largest absolute Gasteiger partial charge is 0.493 e. The number of hydrogen-bond acceptors (Lipinski definition) is 10. The lowest BCUT2D eigenvalue weighted by atomic mass is 10.0.